The summed E-state index contributed by atoms with van der Waals surface area (Å²) in [6.07, 6.45) is 5.42. The third-order valence-corrected chi connectivity index (χ3v) is 5.47. The number of benzene rings is 1. The van der Waals surface area contributed by atoms with Gasteiger partial charge in [0.1, 0.15) is 0 Å². The number of nitrogens with zero attached hydrogens (tertiary/aromatic N) is 1. The Labute approximate surface area is 167 Å². The van der Waals surface area contributed by atoms with E-state index in [0.717, 1.165) is 63.4 Å². The molecule has 1 aliphatic carbocycles. The van der Waals surface area contributed by atoms with Crippen molar-refractivity contribution in [3.8, 4) is 0 Å². The van der Waals surface area contributed by atoms with Crippen molar-refractivity contribution < 1.29 is 14.3 Å². The van der Waals surface area contributed by atoms with E-state index in [9.17, 15) is 9.59 Å². The fourth-order valence-corrected chi connectivity index (χ4v) is 3.78. The van der Waals surface area contributed by atoms with E-state index in [1.807, 2.05) is 13.0 Å². The lowest BCUT2D eigenvalue weighted by Crippen LogP contribution is -2.38. The molecule has 3 amide bonds. The number of carbonyl (C=O) groups excluding carboxylic acids is 2. The first kappa shape index (κ1) is 20.6. The van der Waals surface area contributed by atoms with Crippen molar-refractivity contribution in [2.75, 3.05) is 44.7 Å². The Morgan fingerprint density at radius 3 is 2.64 bits per heavy atom. The summed E-state index contributed by atoms with van der Waals surface area (Å²) in [6, 6.07) is 5.48. The molecular weight excluding hydrogens is 356 g/mol. The summed E-state index contributed by atoms with van der Waals surface area (Å²) in [7, 11) is 0. The molecule has 1 aromatic rings. The Hall–Kier alpha value is -2.12. The molecule has 0 unspecified atom stereocenters. The average Bonchev–Trinajstić information content (AvgIpc) is 3.20. The zero-order chi connectivity index (χ0) is 19.8. The fraction of sp³-hybridized carbons (Fsp3) is 0.619. The quantitative estimate of drug-likeness (QED) is 0.627. The molecule has 0 bridgehead atoms. The fourth-order valence-electron chi connectivity index (χ4n) is 3.78. The molecule has 28 heavy (non-hydrogen) atoms. The second-order valence-corrected chi connectivity index (χ2v) is 7.67. The highest BCUT2D eigenvalue weighted by Crippen LogP contribution is 2.20. The number of aryl methyl sites for hydroxylation is 1. The monoisotopic (exact) mass is 388 g/mol. The molecule has 1 saturated carbocycles. The Bertz CT molecular complexity index is 668. The molecule has 1 heterocycles. The average molecular weight is 389 g/mol. The van der Waals surface area contributed by atoms with Crippen molar-refractivity contribution >= 4 is 17.6 Å². The Morgan fingerprint density at radius 1 is 1.18 bits per heavy atom. The highest BCUT2D eigenvalue weighted by Gasteiger charge is 2.18. The summed E-state index contributed by atoms with van der Waals surface area (Å²) in [4.78, 5) is 26.8. The lowest BCUT2D eigenvalue weighted by Gasteiger charge is -2.26. The maximum absolute atomic E-state index is 12.4. The van der Waals surface area contributed by atoms with Gasteiger partial charge in [-0.1, -0.05) is 12.8 Å². The summed E-state index contributed by atoms with van der Waals surface area (Å²) in [5.74, 6) is -0.0332. The predicted octanol–water partition coefficient (Wildman–Crippen LogP) is 2.51. The van der Waals surface area contributed by atoms with E-state index in [1.165, 1.54) is 12.8 Å². The number of hydrogen-bond donors (Lipinski definition) is 3. The number of rotatable bonds is 7. The Balaban J connectivity index is 1.40. The zero-order valence-corrected chi connectivity index (χ0v) is 16.8. The van der Waals surface area contributed by atoms with Gasteiger partial charge in [-0.2, -0.15) is 0 Å². The maximum Gasteiger partial charge on any atom is 0.319 e. The van der Waals surface area contributed by atoms with Crippen molar-refractivity contribution in [3.05, 3.63) is 29.3 Å². The number of carbonyl (C=O) groups is 2. The van der Waals surface area contributed by atoms with Crippen LogP contribution in [0.4, 0.5) is 10.5 Å². The number of anilines is 1. The molecular formula is C21H32N4O3. The molecule has 3 N–H and O–H groups in total. The number of morpholine rings is 1. The number of nitrogens with one attached hydrogen (secondary N) is 3. The normalized spacial score (nSPS) is 18.0. The number of ether oxygens (including phenoxy) is 1. The van der Waals surface area contributed by atoms with Crippen molar-refractivity contribution in [1.29, 1.82) is 0 Å². The van der Waals surface area contributed by atoms with Gasteiger partial charge >= 0.3 is 6.03 Å². The standard InChI is InChI=1S/C21H32N4O3/c1-16-15-17(20(26)23-18-5-2-3-6-18)7-8-19(16)24-21(27)22-9-4-10-25-11-13-28-14-12-25/h7-8,15,18H,2-6,9-14H2,1H3,(H,23,26)(H2,22,24,27). The van der Waals surface area contributed by atoms with Gasteiger partial charge in [0.05, 0.1) is 13.2 Å². The molecule has 2 fully saturated rings. The predicted molar refractivity (Wildman–Crippen MR) is 110 cm³/mol. The molecule has 0 atom stereocenters. The third-order valence-electron chi connectivity index (χ3n) is 5.47. The van der Waals surface area contributed by atoms with E-state index in [-0.39, 0.29) is 11.9 Å². The minimum atomic E-state index is -0.215. The first-order valence-electron chi connectivity index (χ1n) is 10.4. The van der Waals surface area contributed by atoms with Crippen LogP contribution in [0, 0.1) is 6.92 Å². The van der Waals surface area contributed by atoms with Gasteiger partial charge in [-0.25, -0.2) is 4.79 Å². The number of amides is 3. The summed E-state index contributed by atoms with van der Waals surface area (Å²) in [5.41, 5.74) is 2.24. The molecule has 0 radical (unpaired) electrons. The first-order chi connectivity index (χ1) is 13.6. The van der Waals surface area contributed by atoms with Crippen LogP contribution in [0.3, 0.4) is 0 Å². The van der Waals surface area contributed by atoms with Crippen LogP contribution in [-0.4, -0.2) is 62.3 Å². The maximum atomic E-state index is 12.4. The van der Waals surface area contributed by atoms with E-state index in [1.54, 1.807) is 12.1 Å². The van der Waals surface area contributed by atoms with Crippen molar-refractivity contribution in [3.63, 3.8) is 0 Å². The van der Waals surface area contributed by atoms with Gasteiger partial charge in [-0.3, -0.25) is 9.69 Å². The van der Waals surface area contributed by atoms with Gasteiger partial charge in [-0.05, 0) is 56.5 Å². The molecule has 1 aliphatic heterocycles. The van der Waals surface area contributed by atoms with E-state index in [2.05, 4.69) is 20.9 Å². The Morgan fingerprint density at radius 2 is 1.93 bits per heavy atom. The molecule has 0 spiro atoms. The topological polar surface area (TPSA) is 82.7 Å². The number of urea groups is 1. The SMILES string of the molecule is Cc1cc(C(=O)NC2CCCC2)ccc1NC(=O)NCCCN1CCOCC1. The molecule has 2 aliphatic rings. The van der Waals surface area contributed by atoms with Gasteiger partial charge in [0.15, 0.2) is 0 Å². The molecule has 3 rings (SSSR count). The zero-order valence-electron chi connectivity index (χ0n) is 16.8. The Kier molecular flexibility index (Phi) is 7.68. The van der Waals surface area contributed by atoms with Gasteiger partial charge < -0.3 is 20.7 Å². The van der Waals surface area contributed by atoms with Crippen LogP contribution in [0.1, 0.15) is 48.0 Å². The number of hydrogen-bond acceptors (Lipinski definition) is 4. The smallest absolute Gasteiger partial charge is 0.319 e. The molecule has 1 aromatic carbocycles. The highest BCUT2D eigenvalue weighted by molar-refractivity contribution is 5.96. The van der Waals surface area contributed by atoms with E-state index in [4.69, 9.17) is 4.74 Å². The van der Waals surface area contributed by atoms with Crippen LogP contribution in [0.15, 0.2) is 18.2 Å². The van der Waals surface area contributed by atoms with Crippen LogP contribution in [-0.2, 0) is 4.74 Å². The largest absolute Gasteiger partial charge is 0.379 e. The van der Waals surface area contributed by atoms with Crippen LogP contribution < -0.4 is 16.0 Å². The summed E-state index contributed by atoms with van der Waals surface area (Å²) in [6.45, 7) is 7.01. The summed E-state index contributed by atoms with van der Waals surface area (Å²) < 4.78 is 5.33. The molecule has 7 nitrogen and oxygen atoms in total. The highest BCUT2D eigenvalue weighted by atomic mass is 16.5. The van der Waals surface area contributed by atoms with Crippen molar-refractivity contribution in [2.24, 2.45) is 0 Å². The molecule has 0 aromatic heterocycles. The van der Waals surface area contributed by atoms with E-state index in [0.29, 0.717) is 18.2 Å². The van der Waals surface area contributed by atoms with Crippen molar-refractivity contribution in [2.45, 2.75) is 45.1 Å². The van der Waals surface area contributed by atoms with Crippen LogP contribution in [0.2, 0.25) is 0 Å². The van der Waals surface area contributed by atoms with Gasteiger partial charge in [0, 0.05) is 36.9 Å². The van der Waals surface area contributed by atoms with E-state index >= 15 is 0 Å². The molecule has 7 heteroatoms. The minimum Gasteiger partial charge on any atom is -0.379 e. The third kappa shape index (κ3) is 6.21. The van der Waals surface area contributed by atoms with Gasteiger partial charge in [0.2, 0.25) is 0 Å². The molecule has 154 valence electrons. The van der Waals surface area contributed by atoms with Gasteiger partial charge in [-0.15, -0.1) is 0 Å². The first-order valence-corrected chi connectivity index (χ1v) is 10.4. The van der Waals surface area contributed by atoms with Crippen LogP contribution >= 0.6 is 0 Å². The lowest BCUT2D eigenvalue weighted by molar-refractivity contribution is 0.0375. The summed E-state index contributed by atoms with van der Waals surface area (Å²) in [5, 5.41) is 8.86. The second kappa shape index (κ2) is 10.4. The van der Waals surface area contributed by atoms with E-state index < -0.39 is 0 Å². The molecule has 1 saturated heterocycles. The second-order valence-electron chi connectivity index (χ2n) is 7.67. The lowest BCUT2D eigenvalue weighted by atomic mass is 10.1. The summed E-state index contributed by atoms with van der Waals surface area (Å²) >= 11 is 0. The van der Waals surface area contributed by atoms with Crippen molar-refractivity contribution in [1.82, 2.24) is 15.5 Å². The van der Waals surface area contributed by atoms with Crippen LogP contribution in [0.25, 0.3) is 0 Å². The minimum absolute atomic E-state index is 0.0332. The van der Waals surface area contributed by atoms with Gasteiger partial charge in [0.25, 0.3) is 5.91 Å². The van der Waals surface area contributed by atoms with Crippen LogP contribution in [0.5, 0.6) is 0 Å².